The molecule has 3 heteroatoms. The summed E-state index contributed by atoms with van der Waals surface area (Å²) in [5.41, 5.74) is 2.65. The molecule has 1 aromatic rings. The van der Waals surface area contributed by atoms with Crippen molar-refractivity contribution in [2.24, 2.45) is 5.92 Å². The third-order valence-corrected chi connectivity index (χ3v) is 4.14. The monoisotopic (exact) mass is 310 g/mol. The lowest BCUT2D eigenvalue weighted by Crippen LogP contribution is -2.20. The van der Waals surface area contributed by atoms with Crippen LogP contribution in [-0.4, -0.2) is 19.6 Å². The Morgan fingerprint density at radius 3 is 2.67 bits per heavy atom. The Hall–Kier alpha value is -0.540. The third-order valence-electron chi connectivity index (χ3n) is 3.41. The summed E-state index contributed by atoms with van der Waals surface area (Å²) in [7, 11) is 2.19. The summed E-state index contributed by atoms with van der Waals surface area (Å²) in [4.78, 5) is 2.39. The average molecular weight is 311 g/mol. The van der Waals surface area contributed by atoms with Gasteiger partial charge in [0.15, 0.2) is 0 Å². The first-order valence-electron chi connectivity index (χ1n) is 6.80. The van der Waals surface area contributed by atoms with Crippen LogP contribution in [0, 0.1) is 5.92 Å². The van der Waals surface area contributed by atoms with Crippen LogP contribution in [0.4, 0.5) is 5.69 Å². The minimum Gasteiger partial charge on any atom is -0.372 e. The fourth-order valence-corrected chi connectivity index (χ4v) is 2.57. The highest BCUT2D eigenvalue weighted by atomic mass is 79.9. The second kappa shape index (κ2) is 6.07. The van der Waals surface area contributed by atoms with Crippen LogP contribution in [0.1, 0.15) is 32.3 Å². The van der Waals surface area contributed by atoms with Crippen molar-refractivity contribution in [1.82, 2.24) is 5.32 Å². The molecule has 0 heterocycles. The molecule has 2 rings (SSSR count). The molecule has 0 aliphatic heterocycles. The zero-order chi connectivity index (χ0) is 13.1. The van der Waals surface area contributed by atoms with Crippen molar-refractivity contribution in [3.05, 3.63) is 28.2 Å². The first kappa shape index (κ1) is 13.9. The van der Waals surface area contributed by atoms with Crippen molar-refractivity contribution in [2.75, 3.05) is 18.5 Å². The van der Waals surface area contributed by atoms with Gasteiger partial charge >= 0.3 is 0 Å². The van der Waals surface area contributed by atoms with Crippen LogP contribution in [-0.2, 0) is 6.54 Å². The maximum Gasteiger partial charge on any atom is 0.0377 e. The highest BCUT2D eigenvalue weighted by molar-refractivity contribution is 9.10. The standard InChI is InChI=1S/C15H23BrN2/c1-11(2)9-17-10-12-4-5-14(8-15(12)16)18(3)13-6-7-13/h4-5,8,11,13,17H,6-7,9-10H2,1-3H3. The predicted molar refractivity (Wildman–Crippen MR) is 82.1 cm³/mol. The van der Waals surface area contributed by atoms with Gasteiger partial charge in [-0.3, -0.25) is 0 Å². The molecule has 1 aromatic carbocycles. The second-order valence-corrected chi connectivity index (χ2v) is 6.50. The Balaban J connectivity index is 1.96. The minimum absolute atomic E-state index is 0.698. The Morgan fingerprint density at radius 2 is 2.11 bits per heavy atom. The summed E-state index contributed by atoms with van der Waals surface area (Å²) < 4.78 is 1.21. The number of rotatable bonds is 6. The molecule has 18 heavy (non-hydrogen) atoms. The first-order chi connectivity index (χ1) is 8.58. The molecule has 1 N–H and O–H groups in total. The van der Waals surface area contributed by atoms with E-state index in [9.17, 15) is 0 Å². The topological polar surface area (TPSA) is 15.3 Å². The molecule has 0 bridgehead atoms. The van der Waals surface area contributed by atoms with Crippen LogP contribution >= 0.6 is 15.9 Å². The molecular formula is C15H23BrN2. The van der Waals surface area contributed by atoms with Gasteiger partial charge in [-0.25, -0.2) is 0 Å². The van der Waals surface area contributed by atoms with Gasteiger partial charge < -0.3 is 10.2 Å². The zero-order valence-electron chi connectivity index (χ0n) is 11.5. The molecule has 1 saturated carbocycles. The molecule has 0 amide bonds. The fraction of sp³-hybridized carbons (Fsp3) is 0.600. The first-order valence-corrected chi connectivity index (χ1v) is 7.59. The van der Waals surface area contributed by atoms with E-state index in [-0.39, 0.29) is 0 Å². The van der Waals surface area contributed by atoms with E-state index >= 15 is 0 Å². The van der Waals surface area contributed by atoms with Crippen molar-refractivity contribution >= 4 is 21.6 Å². The zero-order valence-corrected chi connectivity index (χ0v) is 13.1. The van der Waals surface area contributed by atoms with E-state index in [4.69, 9.17) is 0 Å². The predicted octanol–water partition coefficient (Wildman–Crippen LogP) is 3.79. The van der Waals surface area contributed by atoms with Gasteiger partial charge in [-0.05, 0) is 43.0 Å². The number of anilines is 1. The van der Waals surface area contributed by atoms with E-state index in [0.717, 1.165) is 19.1 Å². The Bertz CT molecular complexity index is 399. The van der Waals surface area contributed by atoms with Crippen LogP contribution in [0.3, 0.4) is 0 Å². The normalized spacial score (nSPS) is 15.2. The quantitative estimate of drug-likeness (QED) is 0.860. The van der Waals surface area contributed by atoms with Crippen molar-refractivity contribution in [2.45, 2.75) is 39.3 Å². The Morgan fingerprint density at radius 1 is 1.39 bits per heavy atom. The molecule has 1 aliphatic rings. The lowest BCUT2D eigenvalue weighted by molar-refractivity contribution is 0.552. The third kappa shape index (κ3) is 3.72. The molecule has 1 fully saturated rings. The number of hydrogen-bond donors (Lipinski definition) is 1. The highest BCUT2D eigenvalue weighted by Gasteiger charge is 2.26. The minimum atomic E-state index is 0.698. The maximum absolute atomic E-state index is 3.69. The van der Waals surface area contributed by atoms with Crippen molar-refractivity contribution < 1.29 is 0 Å². The second-order valence-electron chi connectivity index (χ2n) is 5.64. The highest BCUT2D eigenvalue weighted by Crippen LogP contribution is 2.32. The van der Waals surface area contributed by atoms with Gasteiger partial charge in [0, 0.05) is 29.8 Å². The van der Waals surface area contributed by atoms with E-state index in [2.05, 4.69) is 65.2 Å². The molecule has 1 aliphatic carbocycles. The van der Waals surface area contributed by atoms with Crippen LogP contribution in [0.2, 0.25) is 0 Å². The molecule has 100 valence electrons. The van der Waals surface area contributed by atoms with Gasteiger partial charge in [0.1, 0.15) is 0 Å². The van der Waals surface area contributed by atoms with E-state index in [0.29, 0.717) is 5.92 Å². The molecule has 0 aromatic heterocycles. The summed E-state index contributed by atoms with van der Waals surface area (Å²) in [5.74, 6) is 0.698. The van der Waals surface area contributed by atoms with Gasteiger partial charge in [-0.2, -0.15) is 0 Å². The fourth-order valence-electron chi connectivity index (χ4n) is 2.07. The number of halogens is 1. The summed E-state index contributed by atoms with van der Waals surface area (Å²) in [5, 5.41) is 3.48. The van der Waals surface area contributed by atoms with Gasteiger partial charge in [-0.1, -0.05) is 35.8 Å². The summed E-state index contributed by atoms with van der Waals surface area (Å²) >= 11 is 3.69. The van der Waals surface area contributed by atoms with Crippen molar-refractivity contribution in [3.8, 4) is 0 Å². The molecule has 0 saturated heterocycles. The molecular weight excluding hydrogens is 288 g/mol. The lowest BCUT2D eigenvalue weighted by atomic mass is 10.1. The van der Waals surface area contributed by atoms with Crippen molar-refractivity contribution in [1.29, 1.82) is 0 Å². The molecule has 2 nitrogen and oxygen atoms in total. The number of nitrogens with one attached hydrogen (secondary N) is 1. The number of benzene rings is 1. The van der Waals surface area contributed by atoms with Crippen LogP contribution in [0.25, 0.3) is 0 Å². The van der Waals surface area contributed by atoms with Crippen LogP contribution in [0.15, 0.2) is 22.7 Å². The maximum atomic E-state index is 3.69. The SMILES string of the molecule is CC(C)CNCc1ccc(N(C)C2CC2)cc1Br. The van der Waals surface area contributed by atoms with Gasteiger partial charge in [0.05, 0.1) is 0 Å². The molecule has 0 radical (unpaired) electrons. The van der Waals surface area contributed by atoms with E-state index in [1.54, 1.807) is 0 Å². The lowest BCUT2D eigenvalue weighted by Gasteiger charge is -2.20. The van der Waals surface area contributed by atoms with E-state index < -0.39 is 0 Å². The number of hydrogen-bond acceptors (Lipinski definition) is 2. The summed E-state index contributed by atoms with van der Waals surface area (Å²) in [6.45, 7) is 6.47. The van der Waals surface area contributed by atoms with E-state index in [1.807, 2.05) is 0 Å². The molecule has 0 spiro atoms. The molecule has 0 atom stereocenters. The smallest absolute Gasteiger partial charge is 0.0377 e. The van der Waals surface area contributed by atoms with Gasteiger partial charge in [0.25, 0.3) is 0 Å². The Labute approximate surface area is 119 Å². The Kier molecular flexibility index (Phi) is 4.68. The summed E-state index contributed by atoms with van der Waals surface area (Å²) in [6.07, 6.45) is 2.68. The van der Waals surface area contributed by atoms with Crippen LogP contribution in [0.5, 0.6) is 0 Å². The largest absolute Gasteiger partial charge is 0.372 e. The van der Waals surface area contributed by atoms with Gasteiger partial charge in [0.2, 0.25) is 0 Å². The van der Waals surface area contributed by atoms with Gasteiger partial charge in [-0.15, -0.1) is 0 Å². The van der Waals surface area contributed by atoms with Crippen molar-refractivity contribution in [3.63, 3.8) is 0 Å². The van der Waals surface area contributed by atoms with Crippen LogP contribution < -0.4 is 10.2 Å². The van der Waals surface area contributed by atoms with E-state index in [1.165, 1.54) is 28.6 Å². The number of nitrogens with zero attached hydrogens (tertiary/aromatic N) is 1. The summed E-state index contributed by atoms with van der Waals surface area (Å²) in [6, 6.07) is 7.47. The average Bonchev–Trinajstić information content (AvgIpc) is 3.14. The molecule has 0 unspecified atom stereocenters.